The fourth-order valence-corrected chi connectivity index (χ4v) is 3.74. The molecule has 0 spiro atoms. The topological polar surface area (TPSA) is 75.9 Å². The molecule has 7 nitrogen and oxygen atoms in total. The van der Waals surface area contributed by atoms with Gasteiger partial charge in [0.05, 0.1) is 17.3 Å². The summed E-state index contributed by atoms with van der Waals surface area (Å²) in [6.07, 6.45) is 6.81. The van der Waals surface area contributed by atoms with Crippen molar-refractivity contribution in [3.05, 3.63) is 30.2 Å². The third-order valence-corrected chi connectivity index (χ3v) is 4.86. The molecule has 23 heavy (non-hydrogen) atoms. The van der Waals surface area contributed by atoms with Gasteiger partial charge in [-0.1, -0.05) is 0 Å². The average Bonchev–Trinajstić information content (AvgIpc) is 3.26. The Balaban J connectivity index is 1.61. The SMILES string of the molecule is Cn1cc(NC(=O)[C@@H]2CCCN2c2ncnc3sccc23)cn1. The van der Waals surface area contributed by atoms with E-state index in [1.165, 1.54) is 0 Å². The van der Waals surface area contributed by atoms with Gasteiger partial charge in [-0.3, -0.25) is 9.48 Å². The molecule has 8 heteroatoms. The minimum atomic E-state index is -0.215. The molecule has 0 bridgehead atoms. The molecule has 0 aromatic carbocycles. The first-order chi connectivity index (χ1) is 11.2. The Kier molecular flexibility index (Phi) is 3.45. The highest BCUT2D eigenvalue weighted by atomic mass is 32.1. The van der Waals surface area contributed by atoms with Crippen LogP contribution in [0.1, 0.15) is 12.8 Å². The van der Waals surface area contributed by atoms with E-state index in [0.29, 0.717) is 5.69 Å². The predicted octanol–water partition coefficient (Wildman–Crippen LogP) is 2.03. The fourth-order valence-electron chi connectivity index (χ4n) is 3.01. The summed E-state index contributed by atoms with van der Waals surface area (Å²) in [7, 11) is 1.83. The van der Waals surface area contributed by atoms with Crippen molar-refractivity contribution in [3.8, 4) is 0 Å². The third kappa shape index (κ3) is 2.55. The number of carbonyl (C=O) groups is 1. The lowest BCUT2D eigenvalue weighted by atomic mass is 10.2. The summed E-state index contributed by atoms with van der Waals surface area (Å²) >= 11 is 1.59. The lowest BCUT2D eigenvalue weighted by Crippen LogP contribution is -2.40. The zero-order valence-electron chi connectivity index (χ0n) is 12.6. The number of fused-ring (bicyclic) bond motifs is 1. The number of amides is 1. The van der Waals surface area contributed by atoms with Crippen LogP contribution in [0.4, 0.5) is 11.5 Å². The normalized spacial score (nSPS) is 17.8. The Morgan fingerprint density at radius 3 is 3.17 bits per heavy atom. The highest BCUT2D eigenvalue weighted by Crippen LogP contribution is 2.32. The molecule has 1 aliphatic rings. The summed E-state index contributed by atoms with van der Waals surface area (Å²) in [6, 6.07) is 1.80. The molecule has 0 radical (unpaired) electrons. The van der Waals surface area contributed by atoms with Gasteiger partial charge in [-0.05, 0) is 24.3 Å². The summed E-state index contributed by atoms with van der Waals surface area (Å²) in [6.45, 7) is 0.826. The minimum absolute atomic E-state index is 0.0162. The Hall–Kier alpha value is -2.48. The summed E-state index contributed by atoms with van der Waals surface area (Å²) in [5.74, 6) is 0.831. The molecule has 118 valence electrons. The van der Waals surface area contributed by atoms with E-state index in [1.54, 1.807) is 34.7 Å². The zero-order valence-corrected chi connectivity index (χ0v) is 13.5. The Morgan fingerprint density at radius 2 is 2.35 bits per heavy atom. The van der Waals surface area contributed by atoms with Gasteiger partial charge in [-0.15, -0.1) is 11.3 Å². The van der Waals surface area contributed by atoms with Gasteiger partial charge in [0.1, 0.15) is 23.0 Å². The van der Waals surface area contributed by atoms with Crippen molar-refractivity contribution in [1.29, 1.82) is 0 Å². The number of rotatable bonds is 3. The lowest BCUT2D eigenvalue weighted by molar-refractivity contribution is -0.117. The number of aryl methyl sites for hydroxylation is 1. The first-order valence-electron chi connectivity index (χ1n) is 7.47. The van der Waals surface area contributed by atoms with E-state index in [-0.39, 0.29) is 11.9 Å². The molecule has 4 heterocycles. The molecule has 4 rings (SSSR count). The monoisotopic (exact) mass is 328 g/mol. The van der Waals surface area contributed by atoms with Gasteiger partial charge in [0.2, 0.25) is 5.91 Å². The number of carbonyl (C=O) groups excluding carboxylic acids is 1. The second kappa shape index (κ2) is 5.62. The van der Waals surface area contributed by atoms with E-state index in [9.17, 15) is 4.79 Å². The Labute approximate surface area is 137 Å². The predicted molar refractivity (Wildman–Crippen MR) is 89.6 cm³/mol. The number of hydrogen-bond acceptors (Lipinski definition) is 6. The quantitative estimate of drug-likeness (QED) is 0.796. The summed E-state index contributed by atoms with van der Waals surface area (Å²) < 4.78 is 1.67. The van der Waals surface area contributed by atoms with Crippen LogP contribution < -0.4 is 10.2 Å². The van der Waals surface area contributed by atoms with Gasteiger partial charge >= 0.3 is 0 Å². The van der Waals surface area contributed by atoms with Gasteiger partial charge in [0.15, 0.2) is 0 Å². The van der Waals surface area contributed by atoms with Crippen LogP contribution in [0.15, 0.2) is 30.2 Å². The molecule has 0 unspecified atom stereocenters. The molecule has 1 fully saturated rings. The largest absolute Gasteiger partial charge is 0.344 e. The van der Waals surface area contributed by atoms with Crippen molar-refractivity contribution in [2.75, 3.05) is 16.8 Å². The van der Waals surface area contributed by atoms with Crippen molar-refractivity contribution in [2.45, 2.75) is 18.9 Å². The van der Waals surface area contributed by atoms with E-state index in [1.807, 2.05) is 18.5 Å². The van der Waals surface area contributed by atoms with Crippen LogP contribution in [-0.2, 0) is 11.8 Å². The van der Waals surface area contributed by atoms with Crippen LogP contribution in [0.25, 0.3) is 10.2 Å². The van der Waals surface area contributed by atoms with Crippen LogP contribution in [0.5, 0.6) is 0 Å². The molecule has 3 aromatic rings. The van der Waals surface area contributed by atoms with Crippen molar-refractivity contribution in [2.24, 2.45) is 7.05 Å². The van der Waals surface area contributed by atoms with Crippen LogP contribution in [0, 0.1) is 0 Å². The van der Waals surface area contributed by atoms with Crippen molar-refractivity contribution < 1.29 is 4.79 Å². The van der Waals surface area contributed by atoms with E-state index in [4.69, 9.17) is 0 Å². The zero-order chi connectivity index (χ0) is 15.8. The maximum absolute atomic E-state index is 12.7. The van der Waals surface area contributed by atoms with Crippen LogP contribution in [0.3, 0.4) is 0 Å². The third-order valence-electron chi connectivity index (χ3n) is 4.04. The Morgan fingerprint density at radius 1 is 1.43 bits per heavy atom. The number of nitrogens with one attached hydrogen (secondary N) is 1. The molecule has 0 saturated carbocycles. The van der Waals surface area contributed by atoms with Gasteiger partial charge in [0.25, 0.3) is 0 Å². The highest BCUT2D eigenvalue weighted by Gasteiger charge is 2.33. The molecular formula is C15H16N6OS. The van der Waals surface area contributed by atoms with Gasteiger partial charge in [-0.2, -0.15) is 5.10 Å². The van der Waals surface area contributed by atoms with Crippen LogP contribution in [-0.4, -0.2) is 38.2 Å². The van der Waals surface area contributed by atoms with E-state index < -0.39 is 0 Å². The molecule has 1 amide bonds. The standard InChI is InChI=1S/C15H16N6OS/c1-20-8-10(7-18-20)19-14(22)12-3-2-5-21(12)13-11-4-6-23-15(11)17-9-16-13/h4,6-9,12H,2-3,5H2,1H3,(H,19,22)/t12-/m0/s1. The van der Waals surface area contributed by atoms with E-state index >= 15 is 0 Å². The molecule has 0 aliphatic carbocycles. The molecule has 1 saturated heterocycles. The molecule has 1 N–H and O–H groups in total. The van der Waals surface area contributed by atoms with Gasteiger partial charge < -0.3 is 10.2 Å². The van der Waals surface area contributed by atoms with Crippen LogP contribution >= 0.6 is 11.3 Å². The summed E-state index contributed by atoms with van der Waals surface area (Å²) in [4.78, 5) is 24.4. The smallest absolute Gasteiger partial charge is 0.247 e. The summed E-state index contributed by atoms with van der Waals surface area (Å²) in [5, 5.41) is 10.0. The van der Waals surface area contributed by atoms with Crippen molar-refractivity contribution in [3.63, 3.8) is 0 Å². The molecule has 3 aromatic heterocycles. The maximum Gasteiger partial charge on any atom is 0.247 e. The number of anilines is 2. The molecular weight excluding hydrogens is 312 g/mol. The number of hydrogen-bond donors (Lipinski definition) is 1. The van der Waals surface area contributed by atoms with E-state index in [2.05, 4.69) is 25.3 Å². The second-order valence-electron chi connectivity index (χ2n) is 5.58. The first kappa shape index (κ1) is 14.1. The first-order valence-corrected chi connectivity index (χ1v) is 8.35. The van der Waals surface area contributed by atoms with E-state index in [0.717, 1.165) is 35.4 Å². The number of thiophene rings is 1. The fraction of sp³-hybridized carbons (Fsp3) is 0.333. The van der Waals surface area contributed by atoms with Crippen molar-refractivity contribution in [1.82, 2.24) is 19.7 Å². The molecule has 1 aliphatic heterocycles. The second-order valence-corrected chi connectivity index (χ2v) is 6.47. The minimum Gasteiger partial charge on any atom is -0.344 e. The number of aromatic nitrogens is 4. The number of nitrogens with zero attached hydrogens (tertiary/aromatic N) is 5. The summed E-state index contributed by atoms with van der Waals surface area (Å²) in [5.41, 5.74) is 0.715. The highest BCUT2D eigenvalue weighted by molar-refractivity contribution is 7.16. The Bertz CT molecular complexity index is 856. The maximum atomic E-state index is 12.7. The molecule has 1 atom stereocenters. The average molecular weight is 328 g/mol. The van der Waals surface area contributed by atoms with Gasteiger partial charge in [-0.25, -0.2) is 9.97 Å². The van der Waals surface area contributed by atoms with Crippen molar-refractivity contribution >= 4 is 39.0 Å². The lowest BCUT2D eigenvalue weighted by Gasteiger charge is -2.25. The van der Waals surface area contributed by atoms with Gasteiger partial charge in [0, 0.05) is 19.8 Å². The van der Waals surface area contributed by atoms with Crippen LogP contribution in [0.2, 0.25) is 0 Å².